The molecule has 2 aliphatic rings. The lowest BCUT2D eigenvalue weighted by Gasteiger charge is -2.33. The molecule has 9 heteroatoms. The van der Waals surface area contributed by atoms with Gasteiger partial charge in [-0.2, -0.15) is 4.31 Å². The van der Waals surface area contributed by atoms with Crippen LogP contribution >= 0.6 is 11.6 Å². The summed E-state index contributed by atoms with van der Waals surface area (Å²) in [5.41, 5.74) is 1.25. The number of hydrogen-bond donors (Lipinski definition) is 0. The summed E-state index contributed by atoms with van der Waals surface area (Å²) in [6, 6.07) is 11.9. The van der Waals surface area contributed by atoms with Crippen molar-refractivity contribution in [2.75, 3.05) is 39.9 Å². The largest absolute Gasteiger partial charge is 0.495 e. The van der Waals surface area contributed by atoms with Crippen LogP contribution in [0.4, 0.5) is 0 Å². The summed E-state index contributed by atoms with van der Waals surface area (Å²) >= 11 is 5.96. The lowest BCUT2D eigenvalue weighted by atomic mass is 10.1. The van der Waals surface area contributed by atoms with Crippen molar-refractivity contribution in [3.05, 3.63) is 58.6 Å². The molecule has 7 nitrogen and oxygen atoms in total. The van der Waals surface area contributed by atoms with Crippen molar-refractivity contribution in [3.8, 4) is 5.75 Å². The maximum absolute atomic E-state index is 13.2. The summed E-state index contributed by atoms with van der Waals surface area (Å²) in [6.07, 6.45) is 1.40. The predicted octanol–water partition coefficient (Wildman–Crippen LogP) is 3.35. The number of ether oxygens (including phenoxy) is 2. The van der Waals surface area contributed by atoms with E-state index in [1.807, 2.05) is 12.1 Å². The number of carbonyl (C=O) groups excluding carboxylic acids is 1. The molecular weight excluding hydrogens is 440 g/mol. The van der Waals surface area contributed by atoms with Crippen molar-refractivity contribution in [3.63, 3.8) is 0 Å². The van der Waals surface area contributed by atoms with Gasteiger partial charge in [0.05, 0.1) is 20.3 Å². The minimum Gasteiger partial charge on any atom is -0.495 e. The van der Waals surface area contributed by atoms with Crippen LogP contribution in [0.25, 0.3) is 0 Å². The molecule has 0 aliphatic carbocycles. The second kappa shape index (κ2) is 9.16. The van der Waals surface area contributed by atoms with E-state index in [-0.39, 0.29) is 22.7 Å². The zero-order valence-corrected chi connectivity index (χ0v) is 18.9. The van der Waals surface area contributed by atoms with Crippen LogP contribution < -0.4 is 4.74 Å². The maximum atomic E-state index is 13.2. The Labute approximate surface area is 187 Å². The number of nitrogens with zero attached hydrogens (tertiary/aromatic N) is 2. The molecule has 31 heavy (non-hydrogen) atoms. The third-order valence-electron chi connectivity index (χ3n) is 5.69. The number of carbonyl (C=O) groups is 1. The molecule has 0 saturated carbocycles. The second-order valence-electron chi connectivity index (χ2n) is 7.64. The summed E-state index contributed by atoms with van der Waals surface area (Å²) in [6.45, 7) is 2.17. The van der Waals surface area contributed by atoms with Gasteiger partial charge in [0.25, 0.3) is 5.91 Å². The van der Waals surface area contributed by atoms with Crippen LogP contribution in [0.15, 0.2) is 47.4 Å². The van der Waals surface area contributed by atoms with Crippen LogP contribution in [-0.2, 0) is 14.8 Å². The number of benzene rings is 2. The smallest absolute Gasteiger partial charge is 0.254 e. The molecule has 0 spiro atoms. The van der Waals surface area contributed by atoms with Crippen molar-refractivity contribution < 1.29 is 22.7 Å². The van der Waals surface area contributed by atoms with E-state index in [4.69, 9.17) is 21.1 Å². The Kier molecular flexibility index (Phi) is 6.52. The lowest BCUT2D eigenvalue weighted by Crippen LogP contribution is -2.42. The number of amides is 1. The molecule has 2 aliphatic heterocycles. The molecule has 0 radical (unpaired) electrons. The van der Waals surface area contributed by atoms with Gasteiger partial charge in [-0.3, -0.25) is 4.79 Å². The number of rotatable bonds is 5. The van der Waals surface area contributed by atoms with Gasteiger partial charge in [-0.25, -0.2) is 8.42 Å². The highest BCUT2D eigenvalue weighted by Crippen LogP contribution is 2.31. The van der Waals surface area contributed by atoms with Crippen LogP contribution in [0.3, 0.4) is 0 Å². The average molecular weight is 465 g/mol. The molecule has 0 bridgehead atoms. The molecular formula is C22H25ClN2O5S. The van der Waals surface area contributed by atoms with Crippen LogP contribution in [0.1, 0.15) is 34.9 Å². The number of methoxy groups -OCH3 is 1. The van der Waals surface area contributed by atoms with Gasteiger partial charge in [-0.1, -0.05) is 23.7 Å². The minimum absolute atomic E-state index is 0.0326. The van der Waals surface area contributed by atoms with Crippen LogP contribution in [0, 0.1) is 0 Å². The molecule has 1 atom stereocenters. The first-order chi connectivity index (χ1) is 14.9. The molecule has 2 heterocycles. The van der Waals surface area contributed by atoms with Crippen molar-refractivity contribution in [2.24, 2.45) is 0 Å². The van der Waals surface area contributed by atoms with Gasteiger partial charge in [-0.05, 0) is 48.7 Å². The molecule has 166 valence electrons. The van der Waals surface area contributed by atoms with E-state index in [1.165, 1.54) is 17.5 Å². The van der Waals surface area contributed by atoms with Crippen LogP contribution in [-0.4, -0.2) is 63.4 Å². The standard InChI is InChI=1S/C22H25ClN2O5S/c1-29-19-9-6-17(14-21(19)31(27,28)25-10-2-3-11-25)22(26)24-12-13-30-20(15-24)16-4-7-18(23)8-5-16/h4-9,14,20H,2-3,10-13,15H2,1H3. The number of morpholine rings is 1. The molecule has 0 N–H and O–H groups in total. The van der Waals surface area contributed by atoms with Gasteiger partial charge in [0, 0.05) is 30.2 Å². The monoisotopic (exact) mass is 464 g/mol. The molecule has 4 rings (SSSR count). The van der Waals surface area contributed by atoms with Gasteiger partial charge >= 0.3 is 0 Å². The van der Waals surface area contributed by atoms with Crippen LogP contribution in [0.2, 0.25) is 5.02 Å². The van der Waals surface area contributed by atoms with Gasteiger partial charge in [-0.15, -0.1) is 0 Å². The van der Waals surface area contributed by atoms with E-state index in [0.717, 1.165) is 18.4 Å². The highest BCUT2D eigenvalue weighted by atomic mass is 35.5. The summed E-state index contributed by atoms with van der Waals surface area (Å²) in [7, 11) is -2.30. The normalized spacial score (nSPS) is 20.1. The fourth-order valence-corrected chi connectivity index (χ4v) is 5.80. The Hall–Kier alpha value is -2.13. The van der Waals surface area contributed by atoms with Crippen molar-refractivity contribution >= 4 is 27.5 Å². The zero-order valence-electron chi connectivity index (χ0n) is 17.3. The molecule has 2 saturated heterocycles. The summed E-state index contributed by atoms with van der Waals surface area (Å²) in [5, 5.41) is 0.637. The Morgan fingerprint density at radius 2 is 1.81 bits per heavy atom. The number of sulfonamides is 1. The van der Waals surface area contributed by atoms with Gasteiger partial charge in [0.1, 0.15) is 16.7 Å². The molecule has 0 aromatic heterocycles. The summed E-state index contributed by atoms with van der Waals surface area (Å²) < 4.78 is 38.8. The third kappa shape index (κ3) is 4.57. The fraction of sp³-hybridized carbons (Fsp3) is 0.409. The highest BCUT2D eigenvalue weighted by molar-refractivity contribution is 7.89. The highest BCUT2D eigenvalue weighted by Gasteiger charge is 2.32. The van der Waals surface area contributed by atoms with Gasteiger partial charge < -0.3 is 14.4 Å². The molecule has 2 fully saturated rings. The Bertz CT molecular complexity index is 1050. The van der Waals surface area contributed by atoms with E-state index in [9.17, 15) is 13.2 Å². The first-order valence-corrected chi connectivity index (χ1v) is 12.1. The van der Waals surface area contributed by atoms with Gasteiger partial charge in [0.2, 0.25) is 10.0 Å². The second-order valence-corrected chi connectivity index (χ2v) is 9.98. The first kappa shape index (κ1) is 22.1. The first-order valence-electron chi connectivity index (χ1n) is 10.2. The van der Waals surface area contributed by atoms with Crippen molar-refractivity contribution in [1.82, 2.24) is 9.21 Å². The van der Waals surface area contributed by atoms with Crippen LogP contribution in [0.5, 0.6) is 5.75 Å². The Morgan fingerprint density at radius 1 is 1.10 bits per heavy atom. The number of hydrogen-bond acceptors (Lipinski definition) is 5. The van der Waals surface area contributed by atoms with Gasteiger partial charge in [0.15, 0.2) is 0 Å². The summed E-state index contributed by atoms with van der Waals surface area (Å²) in [4.78, 5) is 15.0. The number of halogens is 1. The fourth-order valence-electron chi connectivity index (χ4n) is 3.97. The topological polar surface area (TPSA) is 76.1 Å². The quantitative estimate of drug-likeness (QED) is 0.678. The van der Waals surface area contributed by atoms with E-state index in [0.29, 0.717) is 43.4 Å². The van der Waals surface area contributed by atoms with E-state index in [2.05, 4.69) is 0 Å². The Balaban J connectivity index is 1.58. The van der Waals surface area contributed by atoms with Crippen molar-refractivity contribution in [2.45, 2.75) is 23.8 Å². The maximum Gasteiger partial charge on any atom is 0.254 e. The Morgan fingerprint density at radius 3 is 2.48 bits per heavy atom. The SMILES string of the molecule is COc1ccc(C(=O)N2CCOC(c3ccc(Cl)cc3)C2)cc1S(=O)(=O)N1CCCC1. The minimum atomic E-state index is -3.73. The van der Waals surface area contributed by atoms with E-state index in [1.54, 1.807) is 29.2 Å². The molecule has 1 amide bonds. The molecule has 2 aromatic rings. The van der Waals surface area contributed by atoms with E-state index >= 15 is 0 Å². The molecule has 2 aromatic carbocycles. The lowest BCUT2D eigenvalue weighted by molar-refractivity contribution is -0.0228. The van der Waals surface area contributed by atoms with Crippen molar-refractivity contribution in [1.29, 1.82) is 0 Å². The zero-order chi connectivity index (χ0) is 22.0. The summed E-state index contributed by atoms with van der Waals surface area (Å²) in [5.74, 6) is 0.00672. The average Bonchev–Trinajstić information content (AvgIpc) is 3.35. The predicted molar refractivity (Wildman–Crippen MR) is 117 cm³/mol. The molecule has 1 unspecified atom stereocenters. The van der Waals surface area contributed by atoms with E-state index < -0.39 is 10.0 Å². The third-order valence-corrected chi connectivity index (χ3v) is 7.86.